The van der Waals surface area contributed by atoms with Gasteiger partial charge in [-0.25, -0.2) is 4.68 Å². The highest BCUT2D eigenvalue weighted by molar-refractivity contribution is 5.79. The maximum absolute atomic E-state index is 13.1. The normalized spacial score (nSPS) is 19.1. The highest BCUT2D eigenvalue weighted by Gasteiger charge is 2.24. The Bertz CT molecular complexity index is 838. The maximum Gasteiger partial charge on any atom is 0.227 e. The molecule has 0 atom stereocenters. The zero-order chi connectivity index (χ0) is 20.9. The number of hydrogen-bond donors (Lipinski definition) is 0. The van der Waals surface area contributed by atoms with E-state index in [1.807, 2.05) is 29.8 Å². The van der Waals surface area contributed by atoms with Gasteiger partial charge in [-0.3, -0.25) is 4.79 Å². The van der Waals surface area contributed by atoms with Crippen molar-refractivity contribution in [1.82, 2.24) is 19.6 Å². The summed E-state index contributed by atoms with van der Waals surface area (Å²) in [4.78, 5) is 17.8. The number of nitrogens with zero attached hydrogens (tertiary/aromatic N) is 4. The Balaban J connectivity index is 1.36. The van der Waals surface area contributed by atoms with Crippen LogP contribution in [-0.4, -0.2) is 58.2 Å². The number of benzene rings is 1. The van der Waals surface area contributed by atoms with Crippen molar-refractivity contribution in [3.8, 4) is 5.69 Å². The Labute approximate surface area is 181 Å². The van der Waals surface area contributed by atoms with E-state index in [2.05, 4.69) is 28.9 Å². The van der Waals surface area contributed by atoms with Crippen LogP contribution >= 0.6 is 0 Å². The van der Waals surface area contributed by atoms with E-state index in [1.54, 1.807) is 0 Å². The molecule has 1 aromatic heterocycles. The number of amides is 1. The first-order valence-electron chi connectivity index (χ1n) is 11.7. The van der Waals surface area contributed by atoms with E-state index in [4.69, 9.17) is 5.10 Å². The van der Waals surface area contributed by atoms with Gasteiger partial charge in [-0.1, -0.05) is 37.5 Å². The van der Waals surface area contributed by atoms with Crippen LogP contribution < -0.4 is 0 Å². The van der Waals surface area contributed by atoms with Crippen LogP contribution in [0.3, 0.4) is 0 Å². The molecule has 1 aromatic carbocycles. The first kappa shape index (κ1) is 21.1. The van der Waals surface area contributed by atoms with Crippen LogP contribution in [0, 0.1) is 19.8 Å². The lowest BCUT2D eigenvalue weighted by Gasteiger charge is -2.28. The molecule has 5 nitrogen and oxygen atoms in total. The first-order chi connectivity index (χ1) is 14.6. The highest BCUT2D eigenvalue weighted by atomic mass is 16.2. The van der Waals surface area contributed by atoms with Crippen molar-refractivity contribution in [3.05, 3.63) is 47.3 Å². The van der Waals surface area contributed by atoms with E-state index in [0.29, 0.717) is 6.42 Å². The van der Waals surface area contributed by atoms with Gasteiger partial charge < -0.3 is 9.80 Å². The van der Waals surface area contributed by atoms with Crippen molar-refractivity contribution >= 4 is 5.91 Å². The fraction of sp³-hybridized carbons (Fsp3) is 0.600. The molecule has 1 aliphatic carbocycles. The van der Waals surface area contributed by atoms with E-state index in [-0.39, 0.29) is 5.91 Å². The van der Waals surface area contributed by atoms with Gasteiger partial charge in [0.15, 0.2) is 0 Å². The van der Waals surface area contributed by atoms with Gasteiger partial charge in [0.05, 0.1) is 17.8 Å². The van der Waals surface area contributed by atoms with Crippen molar-refractivity contribution in [1.29, 1.82) is 0 Å². The maximum atomic E-state index is 13.1. The average Bonchev–Trinajstić information content (AvgIpc) is 2.93. The predicted molar refractivity (Wildman–Crippen MR) is 121 cm³/mol. The fourth-order valence-corrected chi connectivity index (χ4v) is 5.15. The van der Waals surface area contributed by atoms with Crippen molar-refractivity contribution in [3.63, 3.8) is 0 Å². The smallest absolute Gasteiger partial charge is 0.227 e. The third kappa shape index (κ3) is 4.94. The van der Waals surface area contributed by atoms with E-state index in [1.165, 1.54) is 38.6 Å². The molecule has 0 N–H and O–H groups in total. The third-order valence-corrected chi connectivity index (χ3v) is 6.95. The number of rotatable bonds is 5. The summed E-state index contributed by atoms with van der Waals surface area (Å²) in [5.41, 5.74) is 4.15. The fourth-order valence-electron chi connectivity index (χ4n) is 5.15. The van der Waals surface area contributed by atoms with Crippen molar-refractivity contribution in [2.24, 2.45) is 5.92 Å². The van der Waals surface area contributed by atoms with Crippen molar-refractivity contribution in [2.75, 3.05) is 32.7 Å². The van der Waals surface area contributed by atoms with Crippen LogP contribution in [-0.2, 0) is 11.2 Å². The van der Waals surface area contributed by atoms with Crippen LogP contribution in [0.5, 0.6) is 0 Å². The Morgan fingerprint density at radius 2 is 1.73 bits per heavy atom. The topological polar surface area (TPSA) is 41.4 Å². The second kappa shape index (κ2) is 9.78. The van der Waals surface area contributed by atoms with Crippen LogP contribution in [0.15, 0.2) is 30.3 Å². The number of para-hydroxylation sites is 1. The first-order valence-corrected chi connectivity index (χ1v) is 11.7. The molecule has 2 heterocycles. The van der Waals surface area contributed by atoms with E-state index in [0.717, 1.165) is 61.2 Å². The van der Waals surface area contributed by atoms with E-state index < -0.39 is 0 Å². The molecule has 0 radical (unpaired) electrons. The summed E-state index contributed by atoms with van der Waals surface area (Å²) >= 11 is 0. The summed E-state index contributed by atoms with van der Waals surface area (Å²) in [6.07, 6.45) is 8.54. The molecular formula is C25H36N4O. The largest absolute Gasteiger partial charge is 0.341 e. The summed E-state index contributed by atoms with van der Waals surface area (Å²) in [7, 11) is 0. The Morgan fingerprint density at radius 1 is 0.967 bits per heavy atom. The van der Waals surface area contributed by atoms with Crippen LogP contribution in [0.1, 0.15) is 55.5 Å². The molecule has 2 aromatic rings. The van der Waals surface area contributed by atoms with Gasteiger partial charge in [-0.05, 0) is 57.7 Å². The van der Waals surface area contributed by atoms with Gasteiger partial charge in [0.2, 0.25) is 5.91 Å². The standard InChI is InChI=1S/C25H36N4O/c1-20-24(21(2)29(26-20)23-12-7-4-8-13-23)18-25(30)28-15-9-14-27(16-17-28)19-22-10-5-3-6-11-22/h4,7-8,12-13,22H,3,5-6,9-11,14-19H2,1-2H3. The predicted octanol–water partition coefficient (Wildman–Crippen LogP) is 4.15. The minimum Gasteiger partial charge on any atom is -0.341 e. The van der Waals surface area contributed by atoms with Crippen LogP contribution in [0.4, 0.5) is 0 Å². The molecule has 0 bridgehead atoms. The third-order valence-electron chi connectivity index (χ3n) is 6.95. The van der Waals surface area contributed by atoms with Gasteiger partial charge in [0, 0.05) is 37.4 Å². The van der Waals surface area contributed by atoms with Crippen LogP contribution in [0.2, 0.25) is 0 Å². The van der Waals surface area contributed by atoms with Gasteiger partial charge >= 0.3 is 0 Å². The zero-order valence-electron chi connectivity index (χ0n) is 18.6. The summed E-state index contributed by atoms with van der Waals surface area (Å²) in [6.45, 7) is 9.20. The van der Waals surface area contributed by atoms with E-state index in [9.17, 15) is 4.79 Å². The SMILES string of the molecule is Cc1nn(-c2ccccc2)c(C)c1CC(=O)N1CCCN(CC2CCCCC2)CC1. The summed E-state index contributed by atoms with van der Waals surface area (Å²) in [5.74, 6) is 1.11. The molecule has 30 heavy (non-hydrogen) atoms. The molecule has 5 heteroatoms. The molecule has 2 aliphatic rings. The monoisotopic (exact) mass is 408 g/mol. The number of carbonyl (C=O) groups is 1. The zero-order valence-corrected chi connectivity index (χ0v) is 18.6. The van der Waals surface area contributed by atoms with Crippen molar-refractivity contribution in [2.45, 2.75) is 58.8 Å². The molecule has 1 saturated carbocycles. The minimum absolute atomic E-state index is 0.244. The Hall–Kier alpha value is -2.14. The molecule has 1 saturated heterocycles. The van der Waals surface area contributed by atoms with Gasteiger partial charge in [-0.15, -0.1) is 0 Å². The number of hydrogen-bond acceptors (Lipinski definition) is 3. The molecule has 1 aliphatic heterocycles. The lowest BCUT2D eigenvalue weighted by atomic mass is 9.89. The molecule has 0 unspecified atom stereocenters. The molecular weight excluding hydrogens is 372 g/mol. The van der Waals surface area contributed by atoms with Gasteiger partial charge in [0.1, 0.15) is 0 Å². The Kier molecular flexibility index (Phi) is 6.88. The Morgan fingerprint density at radius 3 is 2.50 bits per heavy atom. The summed E-state index contributed by atoms with van der Waals surface area (Å²) in [5, 5.41) is 4.71. The molecule has 162 valence electrons. The number of aryl methyl sites for hydroxylation is 1. The lowest BCUT2D eigenvalue weighted by molar-refractivity contribution is -0.130. The number of carbonyl (C=O) groups excluding carboxylic acids is 1. The van der Waals surface area contributed by atoms with Crippen LogP contribution in [0.25, 0.3) is 5.69 Å². The molecule has 2 fully saturated rings. The molecule has 4 rings (SSSR count). The summed E-state index contributed by atoms with van der Waals surface area (Å²) in [6, 6.07) is 10.2. The second-order valence-electron chi connectivity index (χ2n) is 9.11. The number of aromatic nitrogens is 2. The second-order valence-corrected chi connectivity index (χ2v) is 9.11. The van der Waals surface area contributed by atoms with Crippen molar-refractivity contribution < 1.29 is 4.79 Å². The van der Waals surface area contributed by atoms with Gasteiger partial charge in [-0.2, -0.15) is 5.10 Å². The van der Waals surface area contributed by atoms with E-state index >= 15 is 0 Å². The minimum atomic E-state index is 0.244. The highest BCUT2D eigenvalue weighted by Crippen LogP contribution is 2.25. The molecule has 0 spiro atoms. The lowest BCUT2D eigenvalue weighted by Crippen LogP contribution is -2.37. The molecule has 1 amide bonds. The average molecular weight is 409 g/mol. The van der Waals surface area contributed by atoms with Gasteiger partial charge in [0.25, 0.3) is 0 Å². The quantitative estimate of drug-likeness (QED) is 0.746. The summed E-state index contributed by atoms with van der Waals surface area (Å²) < 4.78 is 1.96.